The molecule has 0 fully saturated rings. The van der Waals surface area contributed by atoms with Crippen LogP contribution in [-0.2, 0) is 6.42 Å². The van der Waals surface area contributed by atoms with Crippen molar-refractivity contribution >= 4 is 49.7 Å². The van der Waals surface area contributed by atoms with Crippen molar-refractivity contribution in [2.75, 3.05) is 0 Å². The van der Waals surface area contributed by atoms with Crippen LogP contribution in [-0.4, -0.2) is 9.55 Å². The lowest BCUT2D eigenvalue weighted by Crippen LogP contribution is -1.97. The van der Waals surface area contributed by atoms with E-state index >= 15 is 0 Å². The molecule has 0 spiro atoms. The van der Waals surface area contributed by atoms with Gasteiger partial charge in [-0.3, -0.25) is 0 Å². The summed E-state index contributed by atoms with van der Waals surface area (Å²) in [6.45, 7) is 0. The van der Waals surface area contributed by atoms with Crippen molar-refractivity contribution in [3.8, 4) is 16.8 Å². The molecule has 2 aromatic heterocycles. The van der Waals surface area contributed by atoms with E-state index in [0.29, 0.717) is 0 Å². The Hall–Kier alpha value is -4.56. The Morgan fingerprint density at radius 2 is 1.42 bits per heavy atom. The number of allylic oxidation sites excluding steroid dienone is 1. The molecular formula is C34H24N2. The zero-order valence-corrected chi connectivity index (χ0v) is 19.8. The standard InChI is InChI=1S/C34H24N2/c1-2-8-22(9-3-1)23-14-17-25(18-15-23)36-32-19-16-24-10-4-5-11-26(24)34(32)29-20-28-27-12-6-7-13-30(27)35-31(28)21-33(29)36/h1-3,5-9,11-21,35H,4,10H2. The lowest BCUT2D eigenvalue weighted by atomic mass is 9.93. The number of hydrogen-bond acceptors (Lipinski definition) is 0. The molecular weight excluding hydrogens is 436 g/mol. The highest BCUT2D eigenvalue weighted by Gasteiger charge is 2.19. The summed E-state index contributed by atoms with van der Waals surface area (Å²) in [4.78, 5) is 3.66. The highest BCUT2D eigenvalue weighted by molar-refractivity contribution is 6.20. The molecule has 1 N–H and O–H groups in total. The lowest BCUT2D eigenvalue weighted by molar-refractivity contribution is 0.989. The number of hydrogen-bond donors (Lipinski definition) is 1. The Kier molecular flexibility index (Phi) is 4.09. The van der Waals surface area contributed by atoms with Gasteiger partial charge in [-0.25, -0.2) is 0 Å². The van der Waals surface area contributed by atoms with Gasteiger partial charge in [0, 0.05) is 38.3 Å². The number of nitrogens with one attached hydrogen (secondary N) is 1. The molecule has 0 amide bonds. The summed E-state index contributed by atoms with van der Waals surface area (Å²) in [6, 6.07) is 37.6. The van der Waals surface area contributed by atoms with Crippen molar-refractivity contribution in [2.24, 2.45) is 0 Å². The van der Waals surface area contributed by atoms with Crippen molar-refractivity contribution in [1.29, 1.82) is 0 Å². The summed E-state index contributed by atoms with van der Waals surface area (Å²) in [6.07, 6.45) is 6.88. The second-order valence-electron chi connectivity index (χ2n) is 9.81. The van der Waals surface area contributed by atoms with Gasteiger partial charge in [-0.1, -0.05) is 78.9 Å². The number of aryl methyl sites for hydroxylation is 1. The molecule has 7 aromatic rings. The van der Waals surface area contributed by atoms with E-state index in [9.17, 15) is 0 Å². The fraction of sp³-hybridized carbons (Fsp3) is 0.0588. The molecule has 0 saturated heterocycles. The third-order valence-electron chi connectivity index (χ3n) is 7.78. The average molecular weight is 461 g/mol. The molecule has 8 rings (SSSR count). The molecule has 2 nitrogen and oxygen atoms in total. The summed E-state index contributed by atoms with van der Waals surface area (Å²) in [5, 5.41) is 5.24. The molecule has 1 aliphatic rings. The van der Waals surface area contributed by atoms with E-state index in [1.165, 1.54) is 71.6 Å². The number of benzene rings is 5. The molecule has 0 aliphatic heterocycles. The zero-order valence-electron chi connectivity index (χ0n) is 19.8. The van der Waals surface area contributed by atoms with Crippen LogP contribution >= 0.6 is 0 Å². The molecule has 0 atom stereocenters. The average Bonchev–Trinajstić information content (AvgIpc) is 3.47. The van der Waals surface area contributed by atoms with Gasteiger partial charge in [0.1, 0.15) is 0 Å². The number of H-pyrrole nitrogens is 1. The van der Waals surface area contributed by atoms with Crippen LogP contribution < -0.4 is 0 Å². The van der Waals surface area contributed by atoms with Gasteiger partial charge in [-0.2, -0.15) is 0 Å². The SMILES string of the molecule is C1=Cc2c(ccc3c2c2cc4c(cc2n3-c2ccc(-c3ccccc3)cc2)[nH]c2ccccc24)CC1. The minimum absolute atomic E-state index is 1.11. The van der Waals surface area contributed by atoms with E-state index < -0.39 is 0 Å². The van der Waals surface area contributed by atoms with Crippen LogP contribution in [0, 0.1) is 0 Å². The highest BCUT2D eigenvalue weighted by Crippen LogP contribution is 2.40. The van der Waals surface area contributed by atoms with Crippen molar-refractivity contribution in [3.05, 3.63) is 120 Å². The van der Waals surface area contributed by atoms with Crippen molar-refractivity contribution in [2.45, 2.75) is 12.8 Å². The Bertz CT molecular complexity index is 1970. The number of nitrogens with zero attached hydrogens (tertiary/aromatic N) is 1. The lowest BCUT2D eigenvalue weighted by Gasteiger charge is -2.13. The summed E-state index contributed by atoms with van der Waals surface area (Å²) in [5.74, 6) is 0. The fourth-order valence-electron chi connectivity index (χ4n) is 6.08. The topological polar surface area (TPSA) is 20.7 Å². The normalized spacial score (nSPS) is 13.2. The van der Waals surface area contributed by atoms with E-state index in [4.69, 9.17) is 0 Å². The summed E-state index contributed by atoms with van der Waals surface area (Å²) in [7, 11) is 0. The molecule has 170 valence electrons. The van der Waals surface area contributed by atoms with Crippen LogP contribution in [0.4, 0.5) is 0 Å². The van der Waals surface area contributed by atoms with Crippen LogP contribution in [0.3, 0.4) is 0 Å². The van der Waals surface area contributed by atoms with Gasteiger partial charge in [0.2, 0.25) is 0 Å². The van der Waals surface area contributed by atoms with E-state index in [0.717, 1.165) is 12.8 Å². The van der Waals surface area contributed by atoms with Crippen molar-refractivity contribution < 1.29 is 0 Å². The van der Waals surface area contributed by atoms with Crippen LogP contribution in [0.1, 0.15) is 17.5 Å². The van der Waals surface area contributed by atoms with Crippen LogP contribution in [0.2, 0.25) is 0 Å². The maximum absolute atomic E-state index is 3.66. The first kappa shape index (κ1) is 19.7. The van der Waals surface area contributed by atoms with Crippen molar-refractivity contribution in [1.82, 2.24) is 9.55 Å². The first-order valence-electron chi connectivity index (χ1n) is 12.7. The Morgan fingerprint density at radius 1 is 0.611 bits per heavy atom. The second kappa shape index (κ2) is 7.47. The largest absolute Gasteiger partial charge is 0.354 e. The Balaban J connectivity index is 1.46. The molecule has 5 aromatic carbocycles. The maximum Gasteiger partial charge on any atom is 0.0562 e. The molecule has 0 radical (unpaired) electrons. The van der Waals surface area contributed by atoms with E-state index in [1.807, 2.05) is 0 Å². The van der Waals surface area contributed by atoms with Crippen LogP contribution in [0.25, 0.3) is 66.5 Å². The number of aromatic amines is 1. The predicted molar refractivity (Wildman–Crippen MR) is 153 cm³/mol. The van der Waals surface area contributed by atoms with Gasteiger partial charge in [0.15, 0.2) is 0 Å². The quantitative estimate of drug-likeness (QED) is 0.266. The van der Waals surface area contributed by atoms with Gasteiger partial charge in [-0.15, -0.1) is 0 Å². The molecule has 2 heterocycles. The maximum atomic E-state index is 3.66. The summed E-state index contributed by atoms with van der Waals surface area (Å²) in [5.41, 5.74) is 11.4. The van der Waals surface area contributed by atoms with Crippen LogP contribution in [0.15, 0.2) is 109 Å². The third kappa shape index (κ3) is 2.79. The minimum atomic E-state index is 1.11. The van der Waals surface area contributed by atoms with Crippen molar-refractivity contribution in [3.63, 3.8) is 0 Å². The first-order valence-corrected chi connectivity index (χ1v) is 12.7. The second-order valence-corrected chi connectivity index (χ2v) is 9.81. The number of rotatable bonds is 2. The molecule has 0 unspecified atom stereocenters. The van der Waals surface area contributed by atoms with E-state index in [2.05, 4.69) is 125 Å². The monoisotopic (exact) mass is 460 g/mol. The first-order chi connectivity index (χ1) is 17.8. The summed E-state index contributed by atoms with van der Waals surface area (Å²) < 4.78 is 2.44. The molecule has 0 bridgehead atoms. The molecule has 0 saturated carbocycles. The number of aromatic nitrogens is 2. The zero-order chi connectivity index (χ0) is 23.6. The molecule has 1 aliphatic carbocycles. The molecule has 2 heteroatoms. The minimum Gasteiger partial charge on any atom is -0.354 e. The highest BCUT2D eigenvalue weighted by atomic mass is 15.0. The smallest absolute Gasteiger partial charge is 0.0562 e. The van der Waals surface area contributed by atoms with Gasteiger partial charge in [0.05, 0.1) is 11.0 Å². The molecule has 36 heavy (non-hydrogen) atoms. The van der Waals surface area contributed by atoms with E-state index in [1.54, 1.807) is 0 Å². The number of fused-ring (bicyclic) bond motifs is 8. The van der Waals surface area contributed by atoms with Gasteiger partial charge in [0.25, 0.3) is 0 Å². The summed E-state index contributed by atoms with van der Waals surface area (Å²) >= 11 is 0. The third-order valence-corrected chi connectivity index (χ3v) is 7.78. The Morgan fingerprint density at radius 3 is 2.31 bits per heavy atom. The van der Waals surface area contributed by atoms with Gasteiger partial charge < -0.3 is 9.55 Å². The number of para-hydroxylation sites is 1. The van der Waals surface area contributed by atoms with E-state index in [-0.39, 0.29) is 0 Å². The predicted octanol–water partition coefficient (Wildman–Crippen LogP) is 9.04. The Labute approximate surface area is 209 Å². The van der Waals surface area contributed by atoms with Gasteiger partial charge >= 0.3 is 0 Å². The van der Waals surface area contributed by atoms with Gasteiger partial charge in [-0.05, 0) is 71.5 Å². The van der Waals surface area contributed by atoms with Crippen LogP contribution in [0.5, 0.6) is 0 Å². The fourth-order valence-corrected chi connectivity index (χ4v) is 6.08.